The van der Waals surface area contributed by atoms with Gasteiger partial charge >= 0.3 is 220 Å². The van der Waals surface area contributed by atoms with E-state index in [1.54, 1.807) is 32.3 Å². The van der Waals surface area contributed by atoms with Gasteiger partial charge in [0.2, 0.25) is 0 Å². The molecule has 0 amide bonds. The van der Waals surface area contributed by atoms with Gasteiger partial charge in [-0.1, -0.05) is 0 Å². The van der Waals surface area contributed by atoms with Crippen molar-refractivity contribution in [2.45, 2.75) is 89.6 Å². The minimum absolute atomic E-state index is 0.135. The maximum absolute atomic E-state index is 2.69. The number of allylic oxidation sites excluding steroid dienone is 4. The van der Waals surface area contributed by atoms with Crippen molar-refractivity contribution in [3.05, 3.63) is 74.7 Å². The molecule has 0 spiro atoms. The fourth-order valence-electron chi connectivity index (χ4n) is 6.80. The van der Waals surface area contributed by atoms with E-state index in [0.29, 0.717) is 5.92 Å². The molecule has 3 rings (SSSR count). The van der Waals surface area contributed by atoms with Crippen molar-refractivity contribution in [1.82, 2.24) is 0 Å². The Balaban J connectivity index is 2.57. The van der Waals surface area contributed by atoms with Crippen molar-refractivity contribution in [3.63, 3.8) is 0 Å². The molecule has 0 nitrogen and oxygen atoms in total. The summed E-state index contributed by atoms with van der Waals surface area (Å²) in [5, 5.41) is 10.2. The van der Waals surface area contributed by atoms with Crippen LogP contribution in [0.25, 0.3) is 0 Å². The van der Waals surface area contributed by atoms with E-state index < -0.39 is 34.0 Å². The van der Waals surface area contributed by atoms with Crippen LogP contribution in [-0.2, 0) is 17.9 Å². The predicted octanol–water partition coefficient (Wildman–Crippen LogP) is 7.86. The Hall–Kier alpha value is -0.932. The molecule has 183 valence electrons. The van der Waals surface area contributed by atoms with E-state index >= 15 is 0 Å². The van der Waals surface area contributed by atoms with Gasteiger partial charge in [0.05, 0.1) is 0 Å². The Labute approximate surface area is 218 Å². The summed E-state index contributed by atoms with van der Waals surface area (Å²) in [6.07, 6.45) is 0. The van der Waals surface area contributed by atoms with E-state index in [9.17, 15) is 0 Å². The second kappa shape index (κ2) is 9.85. The van der Waals surface area contributed by atoms with Gasteiger partial charge in [0, 0.05) is 0 Å². The molecule has 1 aliphatic carbocycles. The number of hydrogen-bond donors (Lipinski definition) is 0. The molecule has 0 fully saturated rings. The van der Waals surface area contributed by atoms with Gasteiger partial charge < -0.3 is 0 Å². The Morgan fingerprint density at radius 1 is 0.794 bits per heavy atom. The van der Waals surface area contributed by atoms with E-state index in [4.69, 9.17) is 0 Å². The van der Waals surface area contributed by atoms with Crippen molar-refractivity contribution in [2.24, 2.45) is 5.92 Å². The summed E-state index contributed by atoms with van der Waals surface area (Å²) in [4.78, 5) is 0. The number of rotatable bonds is 7. The standard InChI is InChI=1S/C29H41Si2.2CH3.Ti/c1-21(2)20-31(26-14-12-11-13-15-26,29(7)19-23(4)24(5)25(29)6)28-17-22(3)16-27(18-28)30(8,9)10;;;/h11-18,21H,20H2,1-10H3;2*1H3;. The normalized spacial score (nSPS) is 20.9. The average Bonchev–Trinajstić information content (AvgIpc) is 2.92. The van der Waals surface area contributed by atoms with Crippen molar-refractivity contribution in [3.8, 4) is 0 Å². The fourth-order valence-corrected chi connectivity index (χ4v) is 20.2. The molecule has 2 aromatic carbocycles. The van der Waals surface area contributed by atoms with Crippen molar-refractivity contribution < 1.29 is 17.9 Å². The predicted molar refractivity (Wildman–Crippen MR) is 156 cm³/mol. The Morgan fingerprint density at radius 2 is 1.35 bits per heavy atom. The molecule has 0 saturated heterocycles. The minimum atomic E-state index is -2.27. The molecule has 0 N–H and O–H groups in total. The zero-order valence-corrected chi connectivity index (χ0v) is 27.5. The molecule has 2 aromatic rings. The molecule has 34 heavy (non-hydrogen) atoms. The quantitative estimate of drug-likeness (QED) is 0.324. The van der Waals surface area contributed by atoms with Crippen LogP contribution in [0.15, 0.2) is 69.1 Å². The van der Waals surface area contributed by atoms with Gasteiger partial charge in [-0.05, 0) is 0 Å². The van der Waals surface area contributed by atoms with Crippen molar-refractivity contribution >= 4 is 31.7 Å². The molecule has 3 heteroatoms. The third-order valence-electron chi connectivity index (χ3n) is 8.52. The summed E-state index contributed by atoms with van der Waals surface area (Å²) in [5.74, 6) is 0.645. The van der Waals surface area contributed by atoms with Crippen LogP contribution >= 0.6 is 0 Å². The molecule has 0 aliphatic heterocycles. The Kier molecular flexibility index (Phi) is 8.01. The maximum atomic E-state index is 2.69. The van der Waals surface area contributed by atoms with Crippen LogP contribution in [0.2, 0.25) is 41.2 Å². The molecular formula is C31H47Si2Ti. The molecule has 0 radical (unpaired) electrons. The zero-order chi connectivity index (χ0) is 25.6. The van der Waals surface area contributed by atoms with Crippen LogP contribution in [0.3, 0.4) is 0 Å². The zero-order valence-electron chi connectivity index (χ0n) is 23.9. The first-order valence-corrected chi connectivity index (χ1v) is 22.7. The van der Waals surface area contributed by atoms with Gasteiger partial charge in [-0.3, -0.25) is 0 Å². The van der Waals surface area contributed by atoms with Gasteiger partial charge in [-0.25, -0.2) is 0 Å². The Morgan fingerprint density at radius 3 is 1.85 bits per heavy atom. The van der Waals surface area contributed by atoms with Gasteiger partial charge in [0.1, 0.15) is 0 Å². The molecular weight excluding hydrogens is 476 g/mol. The molecule has 1 aliphatic rings. The van der Waals surface area contributed by atoms with Crippen LogP contribution in [0.5, 0.6) is 0 Å². The van der Waals surface area contributed by atoms with Crippen molar-refractivity contribution in [1.29, 1.82) is 0 Å². The summed E-state index contributed by atoms with van der Waals surface area (Å²) >= 11 is -1.37. The first-order chi connectivity index (χ1) is 15.7. The van der Waals surface area contributed by atoms with Gasteiger partial charge in [-0.2, -0.15) is 0 Å². The molecule has 2 unspecified atom stereocenters. The summed E-state index contributed by atoms with van der Waals surface area (Å²) in [6, 6.07) is 20.8. The van der Waals surface area contributed by atoms with Gasteiger partial charge in [0.15, 0.2) is 0 Å². The molecule has 0 saturated carbocycles. The number of benzene rings is 2. The van der Waals surface area contributed by atoms with Crippen LogP contribution in [0, 0.1) is 12.8 Å². The molecule has 0 heterocycles. The molecule has 0 aromatic heterocycles. The number of aryl methyl sites for hydroxylation is 1. The Bertz CT molecular complexity index is 1120. The van der Waals surface area contributed by atoms with E-state index in [1.807, 2.05) is 3.88 Å². The average molecular weight is 524 g/mol. The van der Waals surface area contributed by atoms with Crippen LogP contribution in [0.1, 0.15) is 47.1 Å². The van der Waals surface area contributed by atoms with E-state index in [0.717, 1.165) is 0 Å². The fraction of sp³-hybridized carbons (Fsp3) is 0.484. The third kappa shape index (κ3) is 4.49. The first-order valence-electron chi connectivity index (χ1n) is 13.1. The van der Waals surface area contributed by atoms with Crippen molar-refractivity contribution in [2.75, 3.05) is 0 Å². The first kappa shape index (κ1) is 27.7. The number of hydrogen-bond acceptors (Lipinski definition) is 0. The van der Waals surface area contributed by atoms with E-state index in [-0.39, 0.29) is 5.04 Å². The summed E-state index contributed by atoms with van der Waals surface area (Å²) in [5.41, 5.74) is 6.29. The summed E-state index contributed by atoms with van der Waals surface area (Å²) in [6.45, 7) is 24.7. The van der Waals surface area contributed by atoms with Gasteiger partial charge in [0.25, 0.3) is 0 Å². The van der Waals surface area contributed by atoms with Gasteiger partial charge in [-0.15, -0.1) is 0 Å². The second-order valence-corrected chi connectivity index (χ2v) is 25.9. The molecule has 0 bridgehead atoms. The van der Waals surface area contributed by atoms with E-state index in [2.05, 4.69) is 127 Å². The summed E-state index contributed by atoms with van der Waals surface area (Å²) in [7, 11) is -3.72. The van der Waals surface area contributed by atoms with Crippen LogP contribution in [0.4, 0.5) is 0 Å². The van der Waals surface area contributed by atoms with E-state index in [1.165, 1.54) is 11.6 Å². The SMILES string of the molecule is CC1=C(C)C(C)([Si](CC(C)C)(c2ccccc2)c2cc(C)cc([Si](C)(C)C)c2)[C]([Ti]([CH3])[CH3])=C1C. The van der Waals surface area contributed by atoms with Crippen LogP contribution in [-0.4, -0.2) is 16.1 Å². The topological polar surface area (TPSA) is 0 Å². The van der Waals surface area contributed by atoms with Crippen LogP contribution < -0.4 is 15.6 Å². The second-order valence-electron chi connectivity index (χ2n) is 12.6. The third-order valence-corrected chi connectivity index (χ3v) is 20.2. The molecule has 2 atom stereocenters. The monoisotopic (exact) mass is 523 g/mol. The summed E-state index contributed by atoms with van der Waals surface area (Å²) < 4.78 is 1.86.